The molecule has 9 nitrogen and oxygen atoms in total. The van der Waals surface area contributed by atoms with Gasteiger partial charge in [-0.15, -0.1) is 0 Å². The molecule has 0 unspecified atom stereocenters. The van der Waals surface area contributed by atoms with Crippen LogP contribution < -0.4 is 5.32 Å². The number of ketones is 1. The topological polar surface area (TPSA) is 131 Å². The summed E-state index contributed by atoms with van der Waals surface area (Å²) >= 11 is 0. The van der Waals surface area contributed by atoms with E-state index < -0.39 is 22.9 Å². The van der Waals surface area contributed by atoms with Crippen molar-refractivity contribution in [3.05, 3.63) is 57.9 Å². The second-order valence-electron chi connectivity index (χ2n) is 5.17. The van der Waals surface area contributed by atoms with Crippen molar-refractivity contribution in [1.29, 1.82) is 0 Å². The minimum Gasteiger partial charge on any atom is -0.448 e. The fourth-order valence-electron chi connectivity index (χ4n) is 1.97. The maximum Gasteiger partial charge on any atom is 0.355 e. The molecular weight excluding hydrogens is 330 g/mol. The number of anilines is 1. The molecule has 0 aliphatic carbocycles. The molecule has 0 bridgehead atoms. The summed E-state index contributed by atoms with van der Waals surface area (Å²) in [6.45, 7) is 2.68. The first kappa shape index (κ1) is 17.9. The third-order valence-corrected chi connectivity index (χ3v) is 3.32. The van der Waals surface area contributed by atoms with Crippen LogP contribution in [0.15, 0.2) is 36.5 Å². The molecule has 0 fully saturated rings. The summed E-state index contributed by atoms with van der Waals surface area (Å²) in [6, 6.07) is 6.93. The van der Waals surface area contributed by atoms with E-state index in [4.69, 9.17) is 4.74 Å². The van der Waals surface area contributed by atoms with Gasteiger partial charge in [0.2, 0.25) is 0 Å². The molecule has 25 heavy (non-hydrogen) atoms. The van der Waals surface area contributed by atoms with E-state index in [0.29, 0.717) is 5.56 Å². The molecule has 1 amide bonds. The number of H-pyrrole nitrogens is 1. The van der Waals surface area contributed by atoms with Gasteiger partial charge in [-0.2, -0.15) is 0 Å². The standard InChI is InChI=1S/C16H15N3O6/c1-9(20)11-7-13(17-8-11)16(22)25-10(2)15(21)18-12-5-3-4-6-14(12)19(23)24/h3-8,10,17H,1-2H3,(H,18,21)/t10-/m0/s1. The van der Waals surface area contributed by atoms with Gasteiger partial charge in [-0.05, 0) is 26.0 Å². The Bertz CT molecular complexity index is 842. The van der Waals surface area contributed by atoms with Crippen LogP contribution in [0.4, 0.5) is 11.4 Å². The second kappa shape index (κ2) is 7.39. The van der Waals surface area contributed by atoms with Gasteiger partial charge in [-0.25, -0.2) is 4.79 Å². The lowest BCUT2D eigenvalue weighted by atomic mass is 10.2. The van der Waals surface area contributed by atoms with Gasteiger partial charge in [0, 0.05) is 17.8 Å². The number of Topliss-reactive ketones (excluding diaryl/α,β-unsaturated/α-hetero) is 1. The summed E-state index contributed by atoms with van der Waals surface area (Å²) < 4.78 is 5.00. The maximum absolute atomic E-state index is 12.1. The summed E-state index contributed by atoms with van der Waals surface area (Å²) in [5.74, 6) is -1.77. The monoisotopic (exact) mass is 345 g/mol. The highest BCUT2D eigenvalue weighted by atomic mass is 16.6. The van der Waals surface area contributed by atoms with Gasteiger partial charge in [0.1, 0.15) is 11.4 Å². The molecule has 0 saturated heterocycles. The van der Waals surface area contributed by atoms with Gasteiger partial charge in [0.25, 0.3) is 11.6 Å². The molecule has 0 radical (unpaired) electrons. The average molecular weight is 345 g/mol. The molecule has 2 N–H and O–H groups in total. The normalized spacial score (nSPS) is 11.4. The number of para-hydroxylation sites is 2. The van der Waals surface area contributed by atoms with E-state index in [-0.39, 0.29) is 22.9 Å². The third kappa shape index (κ3) is 4.28. The Hall–Kier alpha value is -3.49. The number of esters is 1. The molecule has 1 heterocycles. The summed E-state index contributed by atoms with van der Waals surface area (Å²) in [5, 5.41) is 13.3. The number of ether oxygens (including phenoxy) is 1. The molecule has 0 spiro atoms. The van der Waals surface area contributed by atoms with Crippen LogP contribution in [-0.2, 0) is 9.53 Å². The molecule has 130 valence electrons. The predicted molar refractivity (Wildman–Crippen MR) is 87.4 cm³/mol. The summed E-state index contributed by atoms with van der Waals surface area (Å²) in [5.41, 5.74) is 0.0588. The number of nitro groups is 1. The minimum absolute atomic E-state index is 0.000798. The molecule has 0 aliphatic heterocycles. The molecule has 0 saturated carbocycles. The molecule has 1 aromatic heterocycles. The van der Waals surface area contributed by atoms with E-state index >= 15 is 0 Å². The third-order valence-electron chi connectivity index (χ3n) is 3.32. The fraction of sp³-hybridized carbons (Fsp3) is 0.188. The molecule has 1 atom stereocenters. The SMILES string of the molecule is CC(=O)c1c[nH]c(C(=O)O[C@@H](C)C(=O)Nc2ccccc2[N+](=O)[O-])c1. The number of aromatic nitrogens is 1. The Morgan fingerprint density at radius 2 is 1.96 bits per heavy atom. The van der Waals surface area contributed by atoms with E-state index in [1.807, 2.05) is 0 Å². The summed E-state index contributed by atoms with van der Waals surface area (Å²) in [6.07, 6.45) is 0.160. The molecule has 2 aromatic rings. The summed E-state index contributed by atoms with van der Waals surface area (Å²) in [7, 11) is 0. The molecular formula is C16H15N3O6. The van der Waals surface area contributed by atoms with Crippen molar-refractivity contribution in [2.45, 2.75) is 20.0 Å². The minimum atomic E-state index is -1.20. The zero-order chi connectivity index (χ0) is 18.6. The Labute approximate surface area is 142 Å². The quantitative estimate of drug-likeness (QED) is 0.357. The van der Waals surface area contributed by atoms with Gasteiger partial charge < -0.3 is 15.0 Å². The lowest BCUT2D eigenvalue weighted by Crippen LogP contribution is -2.30. The van der Waals surface area contributed by atoms with Crippen LogP contribution in [0.3, 0.4) is 0 Å². The van der Waals surface area contributed by atoms with E-state index in [9.17, 15) is 24.5 Å². The van der Waals surface area contributed by atoms with Crippen LogP contribution in [0.25, 0.3) is 0 Å². The number of rotatable bonds is 6. The lowest BCUT2D eigenvalue weighted by molar-refractivity contribution is -0.383. The van der Waals surface area contributed by atoms with Crippen molar-refractivity contribution in [1.82, 2.24) is 4.98 Å². The highest BCUT2D eigenvalue weighted by Crippen LogP contribution is 2.23. The number of nitrogens with one attached hydrogen (secondary N) is 2. The van der Waals surface area contributed by atoms with Crippen LogP contribution >= 0.6 is 0 Å². The van der Waals surface area contributed by atoms with Gasteiger partial charge in [0.15, 0.2) is 11.9 Å². The maximum atomic E-state index is 12.1. The highest BCUT2D eigenvalue weighted by Gasteiger charge is 2.23. The molecule has 9 heteroatoms. The smallest absolute Gasteiger partial charge is 0.355 e. The summed E-state index contributed by atoms with van der Waals surface area (Å²) in [4.78, 5) is 48.2. The van der Waals surface area contributed by atoms with Crippen molar-refractivity contribution in [3.8, 4) is 0 Å². The number of nitro benzene ring substituents is 1. The fourth-order valence-corrected chi connectivity index (χ4v) is 1.97. The van der Waals surface area contributed by atoms with E-state index in [1.165, 1.54) is 50.4 Å². The predicted octanol–water partition coefficient (Wildman–Crippen LogP) is 2.31. The number of carbonyl (C=O) groups excluding carboxylic acids is 3. The van der Waals surface area contributed by atoms with Gasteiger partial charge in [-0.3, -0.25) is 19.7 Å². The second-order valence-corrected chi connectivity index (χ2v) is 5.17. The van der Waals surface area contributed by atoms with Crippen LogP contribution in [0, 0.1) is 10.1 Å². The van der Waals surface area contributed by atoms with Crippen molar-refractivity contribution in [2.24, 2.45) is 0 Å². The molecule has 1 aromatic carbocycles. The van der Waals surface area contributed by atoms with Crippen molar-refractivity contribution < 1.29 is 24.0 Å². The van der Waals surface area contributed by atoms with Crippen LogP contribution in [0.1, 0.15) is 34.7 Å². The Kier molecular flexibility index (Phi) is 5.28. The zero-order valence-electron chi connectivity index (χ0n) is 13.4. The first-order valence-corrected chi connectivity index (χ1v) is 7.24. The molecule has 2 rings (SSSR count). The van der Waals surface area contributed by atoms with Crippen LogP contribution in [0.2, 0.25) is 0 Å². The van der Waals surface area contributed by atoms with Gasteiger partial charge in [-0.1, -0.05) is 12.1 Å². The number of nitrogens with zero attached hydrogens (tertiary/aromatic N) is 1. The van der Waals surface area contributed by atoms with Crippen molar-refractivity contribution >= 4 is 29.0 Å². The van der Waals surface area contributed by atoms with E-state index in [1.54, 1.807) is 0 Å². The van der Waals surface area contributed by atoms with Crippen molar-refractivity contribution in [2.75, 3.05) is 5.32 Å². The average Bonchev–Trinajstić information content (AvgIpc) is 3.05. The number of aromatic amines is 1. The number of amides is 1. The van der Waals surface area contributed by atoms with Crippen LogP contribution in [0.5, 0.6) is 0 Å². The first-order chi connectivity index (χ1) is 11.8. The van der Waals surface area contributed by atoms with Crippen LogP contribution in [-0.4, -0.2) is 33.7 Å². The number of hydrogen-bond donors (Lipinski definition) is 2. The van der Waals surface area contributed by atoms with Gasteiger partial charge >= 0.3 is 5.97 Å². The van der Waals surface area contributed by atoms with Gasteiger partial charge in [0.05, 0.1) is 4.92 Å². The van der Waals surface area contributed by atoms with Crippen molar-refractivity contribution in [3.63, 3.8) is 0 Å². The van der Waals surface area contributed by atoms with E-state index in [2.05, 4.69) is 10.3 Å². The largest absolute Gasteiger partial charge is 0.448 e. The van der Waals surface area contributed by atoms with E-state index in [0.717, 1.165) is 0 Å². The number of hydrogen-bond acceptors (Lipinski definition) is 6. The Balaban J connectivity index is 2.04. The number of benzene rings is 1. The zero-order valence-corrected chi connectivity index (χ0v) is 13.4. The first-order valence-electron chi connectivity index (χ1n) is 7.24. The Morgan fingerprint density at radius 1 is 1.28 bits per heavy atom. The highest BCUT2D eigenvalue weighted by molar-refractivity contribution is 6.00. The lowest BCUT2D eigenvalue weighted by Gasteiger charge is -2.13. The Morgan fingerprint density at radius 3 is 2.56 bits per heavy atom. The molecule has 0 aliphatic rings. The number of carbonyl (C=O) groups is 3.